The van der Waals surface area contributed by atoms with Crippen molar-refractivity contribution in [3.8, 4) is 11.4 Å². The highest BCUT2D eigenvalue weighted by molar-refractivity contribution is 7.19. The highest BCUT2D eigenvalue weighted by atomic mass is 32.1. The Morgan fingerprint density at radius 1 is 1.21 bits per heavy atom. The highest BCUT2D eigenvalue weighted by Gasteiger charge is 2.28. The largest absolute Gasteiger partial charge is 0.352 e. The number of carbonyl (C=O) groups is 1. The number of rotatable bonds is 3. The lowest BCUT2D eigenvalue weighted by Gasteiger charge is -2.35. The topological polar surface area (TPSA) is 74.2 Å². The van der Waals surface area contributed by atoms with Crippen LogP contribution in [-0.2, 0) is 12.8 Å². The summed E-state index contributed by atoms with van der Waals surface area (Å²) in [4.78, 5) is 33.1. The summed E-state index contributed by atoms with van der Waals surface area (Å²) in [5.41, 5.74) is 2.37. The van der Waals surface area contributed by atoms with Crippen LogP contribution in [0.3, 0.4) is 0 Å². The highest BCUT2D eigenvalue weighted by Crippen LogP contribution is 2.41. The number of nitrogens with zero attached hydrogens (tertiary/aromatic N) is 5. The lowest BCUT2D eigenvalue weighted by molar-refractivity contribution is 0.195. The molecule has 8 heteroatoms. The van der Waals surface area contributed by atoms with Gasteiger partial charge in [0, 0.05) is 55.6 Å². The zero-order chi connectivity index (χ0) is 19.8. The Labute approximate surface area is 173 Å². The fourth-order valence-electron chi connectivity index (χ4n) is 4.21. The maximum atomic E-state index is 12.2. The number of hydrogen-bond donors (Lipinski definition) is 1. The standard InChI is InChI=1S/C21H24N6OS/c1-2-23-21(28)27-11-9-26(10-12-27)19-17-15-6-3-7-16(15)29-20(17)25-18(24-19)14-5-4-8-22-13-14/h4-5,8,13H,2-3,6-7,9-12H2,1H3,(H,23,28). The van der Waals surface area contributed by atoms with Gasteiger partial charge >= 0.3 is 6.03 Å². The summed E-state index contributed by atoms with van der Waals surface area (Å²) in [5, 5.41) is 4.12. The molecule has 5 rings (SSSR count). The van der Waals surface area contributed by atoms with Crippen LogP contribution in [0, 0.1) is 0 Å². The van der Waals surface area contributed by atoms with E-state index in [0.29, 0.717) is 19.6 Å². The molecule has 1 N–H and O–H groups in total. The first-order valence-corrected chi connectivity index (χ1v) is 11.1. The molecule has 1 fully saturated rings. The molecular weight excluding hydrogens is 384 g/mol. The number of piperazine rings is 1. The summed E-state index contributed by atoms with van der Waals surface area (Å²) in [6.07, 6.45) is 7.05. The number of aromatic nitrogens is 3. The van der Waals surface area contributed by atoms with Gasteiger partial charge in [-0.05, 0) is 43.9 Å². The molecule has 1 aliphatic heterocycles. The van der Waals surface area contributed by atoms with Gasteiger partial charge in [-0.1, -0.05) is 0 Å². The van der Waals surface area contributed by atoms with E-state index in [1.807, 2.05) is 41.5 Å². The fourth-order valence-corrected chi connectivity index (χ4v) is 5.47. The van der Waals surface area contributed by atoms with Gasteiger partial charge in [-0.3, -0.25) is 4.98 Å². The van der Waals surface area contributed by atoms with Crippen molar-refractivity contribution in [3.63, 3.8) is 0 Å². The summed E-state index contributed by atoms with van der Waals surface area (Å²) in [7, 11) is 0. The summed E-state index contributed by atoms with van der Waals surface area (Å²) < 4.78 is 0. The van der Waals surface area contributed by atoms with Crippen molar-refractivity contribution in [1.82, 2.24) is 25.2 Å². The molecule has 1 saturated heterocycles. The van der Waals surface area contributed by atoms with Gasteiger partial charge < -0.3 is 15.1 Å². The molecular formula is C21H24N6OS. The van der Waals surface area contributed by atoms with Gasteiger partial charge in [0.15, 0.2) is 5.82 Å². The maximum Gasteiger partial charge on any atom is 0.317 e. The quantitative estimate of drug-likeness (QED) is 0.721. The predicted molar refractivity (Wildman–Crippen MR) is 116 cm³/mol. The number of aryl methyl sites for hydroxylation is 2. The van der Waals surface area contributed by atoms with Crippen LogP contribution in [-0.4, -0.2) is 58.6 Å². The molecule has 3 aromatic heterocycles. The van der Waals surface area contributed by atoms with Crippen molar-refractivity contribution in [2.75, 3.05) is 37.6 Å². The van der Waals surface area contributed by atoms with E-state index in [2.05, 4.69) is 15.2 Å². The van der Waals surface area contributed by atoms with Crippen LogP contribution < -0.4 is 10.2 Å². The van der Waals surface area contributed by atoms with Gasteiger partial charge in [0.05, 0.1) is 5.39 Å². The number of thiophene rings is 1. The molecule has 0 aromatic carbocycles. The Morgan fingerprint density at radius 3 is 2.83 bits per heavy atom. The number of hydrogen-bond acceptors (Lipinski definition) is 6. The van der Waals surface area contributed by atoms with Gasteiger partial charge in [-0.2, -0.15) is 0 Å². The van der Waals surface area contributed by atoms with E-state index in [-0.39, 0.29) is 6.03 Å². The first kappa shape index (κ1) is 18.3. The maximum absolute atomic E-state index is 12.2. The number of pyridine rings is 1. The van der Waals surface area contributed by atoms with Gasteiger partial charge in [-0.25, -0.2) is 14.8 Å². The van der Waals surface area contributed by atoms with E-state index in [9.17, 15) is 4.79 Å². The van der Waals surface area contributed by atoms with E-state index < -0.39 is 0 Å². The monoisotopic (exact) mass is 408 g/mol. The minimum absolute atomic E-state index is 0.0208. The van der Waals surface area contributed by atoms with Crippen LogP contribution in [0.15, 0.2) is 24.5 Å². The summed E-state index contributed by atoms with van der Waals surface area (Å²) in [5.74, 6) is 1.75. The molecule has 150 valence electrons. The first-order valence-electron chi connectivity index (χ1n) is 10.2. The lowest BCUT2D eigenvalue weighted by Crippen LogP contribution is -2.52. The molecule has 1 aliphatic carbocycles. The Kier molecular flexibility index (Phi) is 4.79. The van der Waals surface area contributed by atoms with Gasteiger partial charge in [-0.15, -0.1) is 11.3 Å². The van der Waals surface area contributed by atoms with Crippen molar-refractivity contribution < 1.29 is 4.79 Å². The number of amides is 2. The van der Waals surface area contributed by atoms with Crippen molar-refractivity contribution in [2.24, 2.45) is 0 Å². The molecule has 0 radical (unpaired) electrons. The van der Waals surface area contributed by atoms with Crippen molar-refractivity contribution >= 4 is 33.4 Å². The molecule has 29 heavy (non-hydrogen) atoms. The smallest absolute Gasteiger partial charge is 0.317 e. The van der Waals surface area contributed by atoms with Crippen LogP contribution in [0.1, 0.15) is 23.8 Å². The molecule has 7 nitrogen and oxygen atoms in total. The second-order valence-corrected chi connectivity index (χ2v) is 8.54. The second-order valence-electron chi connectivity index (χ2n) is 7.46. The average molecular weight is 409 g/mol. The first-order chi connectivity index (χ1) is 14.2. The Balaban J connectivity index is 1.53. The molecule has 4 heterocycles. The SMILES string of the molecule is CCNC(=O)N1CCN(c2nc(-c3cccnc3)nc3sc4c(c23)CCC4)CC1. The molecule has 2 aliphatic rings. The Morgan fingerprint density at radius 2 is 2.07 bits per heavy atom. The van der Waals surface area contributed by atoms with Crippen molar-refractivity contribution in [2.45, 2.75) is 26.2 Å². The Bertz CT molecular complexity index is 1040. The van der Waals surface area contributed by atoms with E-state index in [1.54, 1.807) is 6.20 Å². The van der Waals surface area contributed by atoms with Crippen molar-refractivity contribution in [3.05, 3.63) is 35.0 Å². The Hall–Kier alpha value is -2.74. The minimum Gasteiger partial charge on any atom is -0.352 e. The number of urea groups is 1. The zero-order valence-corrected chi connectivity index (χ0v) is 17.3. The third kappa shape index (κ3) is 3.31. The number of fused-ring (bicyclic) bond motifs is 3. The molecule has 3 aromatic rings. The molecule has 0 bridgehead atoms. The normalized spacial score (nSPS) is 16.3. The molecule has 0 spiro atoms. The second kappa shape index (κ2) is 7.59. The van der Waals surface area contributed by atoms with E-state index in [0.717, 1.165) is 48.0 Å². The summed E-state index contributed by atoms with van der Waals surface area (Å²) in [6, 6.07) is 3.95. The van der Waals surface area contributed by atoms with Crippen LogP contribution in [0.5, 0.6) is 0 Å². The predicted octanol–water partition coefficient (Wildman–Crippen LogP) is 3.09. The van der Waals surface area contributed by atoms with Gasteiger partial charge in [0.1, 0.15) is 10.6 Å². The number of anilines is 1. The van der Waals surface area contributed by atoms with Crippen LogP contribution in [0.2, 0.25) is 0 Å². The average Bonchev–Trinajstić information content (AvgIpc) is 3.35. The van der Waals surface area contributed by atoms with E-state index in [1.165, 1.54) is 22.2 Å². The molecule has 0 unspecified atom stereocenters. The van der Waals surface area contributed by atoms with Gasteiger partial charge in [0.2, 0.25) is 0 Å². The van der Waals surface area contributed by atoms with Crippen LogP contribution >= 0.6 is 11.3 Å². The van der Waals surface area contributed by atoms with Gasteiger partial charge in [0.25, 0.3) is 0 Å². The third-order valence-electron chi connectivity index (χ3n) is 5.66. The summed E-state index contributed by atoms with van der Waals surface area (Å²) in [6.45, 7) is 5.56. The van der Waals surface area contributed by atoms with Crippen LogP contribution in [0.4, 0.5) is 10.6 Å². The van der Waals surface area contributed by atoms with Crippen LogP contribution in [0.25, 0.3) is 21.6 Å². The molecule has 0 saturated carbocycles. The summed E-state index contributed by atoms with van der Waals surface area (Å²) >= 11 is 1.81. The molecule has 2 amide bonds. The zero-order valence-electron chi connectivity index (χ0n) is 16.5. The molecule has 0 atom stereocenters. The van der Waals surface area contributed by atoms with E-state index in [4.69, 9.17) is 9.97 Å². The number of carbonyl (C=O) groups excluding carboxylic acids is 1. The van der Waals surface area contributed by atoms with Crippen molar-refractivity contribution in [1.29, 1.82) is 0 Å². The fraction of sp³-hybridized carbons (Fsp3) is 0.429. The number of nitrogens with one attached hydrogen (secondary N) is 1. The third-order valence-corrected chi connectivity index (χ3v) is 6.85. The lowest BCUT2D eigenvalue weighted by atomic mass is 10.1. The van der Waals surface area contributed by atoms with E-state index >= 15 is 0 Å². The minimum atomic E-state index is 0.0208.